The lowest BCUT2D eigenvalue weighted by atomic mass is 10.0. The van der Waals surface area contributed by atoms with Gasteiger partial charge in [0.05, 0.1) is 4.47 Å². The second-order valence-electron chi connectivity index (χ2n) is 5.97. The van der Waals surface area contributed by atoms with Crippen LogP contribution in [0.3, 0.4) is 0 Å². The lowest BCUT2D eigenvalue weighted by Gasteiger charge is -2.39. The maximum atomic E-state index is 14.1. The number of benzene rings is 1. The molecule has 0 radical (unpaired) electrons. The molecule has 1 aromatic rings. The van der Waals surface area contributed by atoms with E-state index in [4.69, 9.17) is 0 Å². The third-order valence-corrected chi connectivity index (χ3v) is 4.93. The van der Waals surface area contributed by atoms with Gasteiger partial charge in [-0.25, -0.2) is 8.78 Å². The molecule has 3 rings (SSSR count). The summed E-state index contributed by atoms with van der Waals surface area (Å²) in [6, 6.07) is 3.53. The molecule has 110 valence electrons. The molecule has 2 nitrogen and oxygen atoms in total. The van der Waals surface area contributed by atoms with Crippen molar-refractivity contribution in [3.63, 3.8) is 0 Å². The van der Waals surface area contributed by atoms with E-state index in [0.29, 0.717) is 29.0 Å². The highest BCUT2D eigenvalue weighted by molar-refractivity contribution is 9.10. The van der Waals surface area contributed by atoms with E-state index >= 15 is 0 Å². The molecule has 2 fully saturated rings. The van der Waals surface area contributed by atoms with Crippen LogP contribution in [0.2, 0.25) is 0 Å². The van der Waals surface area contributed by atoms with Crippen molar-refractivity contribution < 1.29 is 8.78 Å². The third kappa shape index (κ3) is 2.90. The summed E-state index contributed by atoms with van der Waals surface area (Å²) in [6.45, 7) is 4.23. The number of rotatable bonds is 3. The zero-order valence-electron chi connectivity index (χ0n) is 11.5. The van der Waals surface area contributed by atoms with E-state index in [2.05, 4.69) is 33.1 Å². The van der Waals surface area contributed by atoms with E-state index in [9.17, 15) is 8.78 Å². The van der Waals surface area contributed by atoms with Crippen molar-refractivity contribution in [1.82, 2.24) is 10.2 Å². The first-order valence-electron chi connectivity index (χ1n) is 7.16. The molecule has 0 aromatic heterocycles. The normalized spacial score (nSPS) is 27.8. The number of piperazine rings is 1. The first kappa shape index (κ1) is 14.4. The van der Waals surface area contributed by atoms with Gasteiger partial charge in [0.1, 0.15) is 11.6 Å². The molecule has 1 aliphatic carbocycles. The Kier molecular flexibility index (Phi) is 4.11. The number of nitrogens with one attached hydrogen (secondary N) is 1. The van der Waals surface area contributed by atoms with Crippen molar-refractivity contribution in [2.24, 2.45) is 5.92 Å². The van der Waals surface area contributed by atoms with Gasteiger partial charge in [0.2, 0.25) is 0 Å². The van der Waals surface area contributed by atoms with Gasteiger partial charge < -0.3 is 5.32 Å². The fourth-order valence-corrected chi connectivity index (χ4v) is 3.42. The van der Waals surface area contributed by atoms with Crippen molar-refractivity contribution in [3.8, 4) is 0 Å². The molecule has 20 heavy (non-hydrogen) atoms. The Labute approximate surface area is 126 Å². The Morgan fingerprint density at radius 1 is 1.35 bits per heavy atom. The summed E-state index contributed by atoms with van der Waals surface area (Å²) >= 11 is 3.14. The van der Waals surface area contributed by atoms with Crippen LogP contribution in [-0.4, -0.2) is 30.1 Å². The predicted octanol–water partition coefficient (Wildman–Crippen LogP) is 3.30. The molecular formula is C15H19BrF2N2. The van der Waals surface area contributed by atoms with Gasteiger partial charge >= 0.3 is 0 Å². The van der Waals surface area contributed by atoms with E-state index < -0.39 is 11.6 Å². The third-order valence-electron chi connectivity index (χ3n) is 4.32. The van der Waals surface area contributed by atoms with E-state index in [1.807, 2.05) is 0 Å². The summed E-state index contributed by atoms with van der Waals surface area (Å²) in [5.74, 6) is -0.231. The molecule has 1 saturated heterocycles. The van der Waals surface area contributed by atoms with Crippen LogP contribution in [0.25, 0.3) is 0 Å². The number of hydrogen-bond acceptors (Lipinski definition) is 2. The van der Waals surface area contributed by atoms with E-state index in [1.54, 1.807) is 0 Å². The van der Waals surface area contributed by atoms with Crippen LogP contribution in [0.5, 0.6) is 0 Å². The Bertz CT molecular complexity index is 505. The monoisotopic (exact) mass is 344 g/mol. The average Bonchev–Trinajstić information content (AvgIpc) is 3.24. The van der Waals surface area contributed by atoms with Crippen LogP contribution in [0.15, 0.2) is 16.6 Å². The zero-order chi connectivity index (χ0) is 14.3. The van der Waals surface area contributed by atoms with Gasteiger partial charge in [0.15, 0.2) is 0 Å². The Balaban J connectivity index is 1.82. The Hall–Kier alpha value is -0.520. The topological polar surface area (TPSA) is 15.3 Å². The minimum absolute atomic E-state index is 0.180. The summed E-state index contributed by atoms with van der Waals surface area (Å²) in [5.41, 5.74) is 0.180. The molecule has 1 aliphatic heterocycles. The van der Waals surface area contributed by atoms with Crippen molar-refractivity contribution in [1.29, 1.82) is 0 Å². The minimum atomic E-state index is -0.467. The summed E-state index contributed by atoms with van der Waals surface area (Å²) in [4.78, 5) is 2.24. The van der Waals surface area contributed by atoms with Crippen LogP contribution in [0.4, 0.5) is 8.78 Å². The second kappa shape index (κ2) is 5.70. The lowest BCUT2D eigenvalue weighted by molar-refractivity contribution is 0.109. The van der Waals surface area contributed by atoms with Gasteiger partial charge in [-0.1, -0.05) is 0 Å². The van der Waals surface area contributed by atoms with Crippen LogP contribution in [0, 0.1) is 17.6 Å². The van der Waals surface area contributed by atoms with Crippen molar-refractivity contribution >= 4 is 15.9 Å². The SMILES string of the molecule is CC1CN(Cc2c(F)ccc(Br)c2F)C(C2CC2)CN1. The quantitative estimate of drug-likeness (QED) is 0.846. The smallest absolute Gasteiger partial charge is 0.144 e. The molecule has 0 amide bonds. The largest absolute Gasteiger partial charge is 0.311 e. The van der Waals surface area contributed by atoms with Crippen LogP contribution < -0.4 is 5.32 Å². The maximum Gasteiger partial charge on any atom is 0.144 e. The summed E-state index contributed by atoms with van der Waals surface area (Å²) < 4.78 is 28.4. The maximum absolute atomic E-state index is 14.1. The summed E-state index contributed by atoms with van der Waals surface area (Å²) in [7, 11) is 0. The van der Waals surface area contributed by atoms with Gasteiger partial charge in [-0.3, -0.25) is 4.90 Å². The molecule has 1 heterocycles. The fraction of sp³-hybridized carbons (Fsp3) is 0.600. The number of nitrogens with zero attached hydrogens (tertiary/aromatic N) is 1. The van der Waals surface area contributed by atoms with Crippen LogP contribution >= 0.6 is 15.9 Å². The minimum Gasteiger partial charge on any atom is -0.311 e. The molecule has 2 unspecified atom stereocenters. The van der Waals surface area contributed by atoms with Crippen molar-refractivity contribution in [2.75, 3.05) is 13.1 Å². The molecule has 1 saturated carbocycles. The number of halogens is 3. The van der Waals surface area contributed by atoms with Crippen molar-refractivity contribution in [3.05, 3.63) is 33.8 Å². The van der Waals surface area contributed by atoms with E-state index in [1.165, 1.54) is 25.0 Å². The van der Waals surface area contributed by atoms with Gasteiger partial charge in [0, 0.05) is 37.3 Å². The Morgan fingerprint density at radius 2 is 2.10 bits per heavy atom. The highest BCUT2D eigenvalue weighted by Crippen LogP contribution is 2.37. The predicted molar refractivity (Wildman–Crippen MR) is 78.4 cm³/mol. The molecule has 1 aromatic carbocycles. The number of hydrogen-bond donors (Lipinski definition) is 1. The van der Waals surface area contributed by atoms with E-state index in [0.717, 1.165) is 13.1 Å². The molecule has 2 aliphatic rings. The average molecular weight is 345 g/mol. The zero-order valence-corrected chi connectivity index (χ0v) is 13.1. The summed E-state index contributed by atoms with van der Waals surface area (Å²) in [5, 5.41) is 3.47. The molecule has 5 heteroatoms. The molecule has 1 N–H and O–H groups in total. The van der Waals surface area contributed by atoms with E-state index in [-0.39, 0.29) is 5.56 Å². The van der Waals surface area contributed by atoms with Crippen molar-refractivity contribution in [2.45, 2.75) is 38.4 Å². The Morgan fingerprint density at radius 3 is 2.80 bits per heavy atom. The summed E-state index contributed by atoms with van der Waals surface area (Å²) in [6.07, 6.45) is 2.47. The first-order chi connectivity index (χ1) is 9.56. The second-order valence-corrected chi connectivity index (χ2v) is 6.82. The molecular weight excluding hydrogens is 326 g/mol. The van der Waals surface area contributed by atoms with Gasteiger partial charge in [0.25, 0.3) is 0 Å². The molecule has 0 bridgehead atoms. The van der Waals surface area contributed by atoms with Gasteiger partial charge in [-0.2, -0.15) is 0 Å². The molecule has 0 spiro atoms. The highest BCUT2D eigenvalue weighted by atomic mass is 79.9. The van der Waals surface area contributed by atoms with Crippen LogP contribution in [-0.2, 0) is 6.54 Å². The van der Waals surface area contributed by atoms with Crippen LogP contribution in [0.1, 0.15) is 25.3 Å². The molecule has 2 atom stereocenters. The lowest BCUT2D eigenvalue weighted by Crippen LogP contribution is -2.56. The fourth-order valence-electron chi connectivity index (χ4n) is 3.05. The van der Waals surface area contributed by atoms with Gasteiger partial charge in [-0.05, 0) is 53.7 Å². The standard InChI is InChI=1S/C15H19BrF2N2/c1-9-7-20(14(6-19-9)10-2-3-10)8-11-13(17)5-4-12(16)15(11)18/h4-5,9-10,14,19H,2-3,6-8H2,1H3. The first-order valence-corrected chi connectivity index (χ1v) is 7.95. The van der Waals surface area contributed by atoms with Gasteiger partial charge in [-0.15, -0.1) is 0 Å². The highest BCUT2D eigenvalue weighted by Gasteiger charge is 2.38.